The van der Waals surface area contributed by atoms with Gasteiger partial charge in [0.05, 0.1) is 0 Å². The third-order valence-electron chi connectivity index (χ3n) is 2.61. The van der Waals surface area contributed by atoms with E-state index in [0.717, 1.165) is 24.4 Å². The number of nitrogen functional groups attached to an aromatic ring is 1. The van der Waals surface area contributed by atoms with Crippen LogP contribution < -0.4 is 16.0 Å². The lowest BCUT2D eigenvalue weighted by molar-refractivity contribution is 0.458. The van der Waals surface area contributed by atoms with Gasteiger partial charge in [-0.15, -0.1) is 0 Å². The van der Waals surface area contributed by atoms with Crippen LogP contribution in [0.5, 0.6) is 11.6 Å². The first-order valence-corrected chi connectivity index (χ1v) is 6.30. The number of ether oxygens (including phenoxy) is 1. The van der Waals surface area contributed by atoms with Gasteiger partial charge in [0.25, 0.3) is 0 Å². The molecule has 3 N–H and O–H groups in total. The van der Waals surface area contributed by atoms with Gasteiger partial charge in [0.15, 0.2) is 0 Å². The van der Waals surface area contributed by atoms with Gasteiger partial charge < -0.3 is 10.2 Å². The van der Waals surface area contributed by atoms with E-state index in [4.69, 9.17) is 10.6 Å². The van der Waals surface area contributed by atoms with Crippen molar-refractivity contribution in [2.75, 3.05) is 5.43 Å². The molecule has 0 bridgehead atoms. The lowest BCUT2D eigenvalue weighted by Gasteiger charge is -2.08. The number of hydrazine groups is 1. The molecule has 5 nitrogen and oxygen atoms in total. The Morgan fingerprint density at radius 2 is 1.95 bits per heavy atom. The van der Waals surface area contributed by atoms with Crippen molar-refractivity contribution in [2.45, 2.75) is 26.7 Å². The first-order chi connectivity index (χ1) is 9.21. The number of benzene rings is 1. The summed E-state index contributed by atoms with van der Waals surface area (Å²) in [5.41, 5.74) is 3.72. The second kappa shape index (κ2) is 6.15. The highest BCUT2D eigenvalue weighted by Crippen LogP contribution is 2.22. The van der Waals surface area contributed by atoms with Crippen LogP contribution in [0.4, 0.5) is 5.82 Å². The van der Waals surface area contributed by atoms with Gasteiger partial charge in [-0.1, -0.05) is 24.6 Å². The Morgan fingerprint density at radius 1 is 1.21 bits per heavy atom. The average molecular weight is 258 g/mol. The van der Waals surface area contributed by atoms with Crippen LogP contribution in [0.1, 0.15) is 24.7 Å². The number of anilines is 1. The molecule has 5 heteroatoms. The first-order valence-electron chi connectivity index (χ1n) is 6.30. The summed E-state index contributed by atoms with van der Waals surface area (Å²) in [7, 11) is 0. The molecule has 0 radical (unpaired) electrons. The Labute approximate surface area is 112 Å². The summed E-state index contributed by atoms with van der Waals surface area (Å²) >= 11 is 0. The Hall–Kier alpha value is -2.14. The minimum Gasteiger partial charge on any atom is -0.439 e. The van der Waals surface area contributed by atoms with Crippen molar-refractivity contribution in [1.29, 1.82) is 0 Å². The van der Waals surface area contributed by atoms with Gasteiger partial charge in [0.1, 0.15) is 17.4 Å². The molecule has 0 saturated heterocycles. The smallest absolute Gasteiger partial charge is 0.224 e. The second-order valence-electron chi connectivity index (χ2n) is 4.32. The molecular weight excluding hydrogens is 240 g/mol. The van der Waals surface area contributed by atoms with Crippen molar-refractivity contribution in [3.63, 3.8) is 0 Å². The lowest BCUT2D eigenvalue weighted by atomic mass is 10.2. The van der Waals surface area contributed by atoms with Crippen LogP contribution in [-0.4, -0.2) is 9.97 Å². The molecule has 0 fully saturated rings. The fourth-order valence-corrected chi connectivity index (χ4v) is 1.66. The number of aryl methyl sites for hydroxylation is 2. The van der Waals surface area contributed by atoms with Crippen LogP contribution in [0.2, 0.25) is 0 Å². The van der Waals surface area contributed by atoms with E-state index in [1.54, 1.807) is 6.07 Å². The van der Waals surface area contributed by atoms with Crippen LogP contribution in [-0.2, 0) is 6.42 Å². The van der Waals surface area contributed by atoms with E-state index in [1.165, 1.54) is 5.56 Å². The van der Waals surface area contributed by atoms with Crippen molar-refractivity contribution in [3.8, 4) is 11.6 Å². The highest BCUT2D eigenvalue weighted by molar-refractivity contribution is 5.39. The van der Waals surface area contributed by atoms with Gasteiger partial charge in [-0.3, -0.25) is 0 Å². The molecular formula is C14H18N4O. The summed E-state index contributed by atoms with van der Waals surface area (Å²) in [5, 5.41) is 0. The van der Waals surface area contributed by atoms with Crippen molar-refractivity contribution in [3.05, 3.63) is 41.7 Å². The van der Waals surface area contributed by atoms with Crippen molar-refractivity contribution in [2.24, 2.45) is 5.84 Å². The minimum absolute atomic E-state index is 0.496. The Morgan fingerprint density at radius 3 is 2.58 bits per heavy atom. The molecule has 0 aliphatic rings. The SMILES string of the molecule is CCCc1nc(NN)cc(Oc2ccc(C)cc2)n1. The van der Waals surface area contributed by atoms with Gasteiger partial charge >= 0.3 is 0 Å². The average Bonchev–Trinajstić information content (AvgIpc) is 2.41. The zero-order valence-corrected chi connectivity index (χ0v) is 11.2. The van der Waals surface area contributed by atoms with Gasteiger partial charge in [-0.05, 0) is 25.5 Å². The number of nitrogens with one attached hydrogen (secondary N) is 1. The van der Waals surface area contributed by atoms with E-state index in [0.29, 0.717) is 11.7 Å². The highest BCUT2D eigenvalue weighted by atomic mass is 16.5. The summed E-state index contributed by atoms with van der Waals surface area (Å²) in [6.45, 7) is 4.11. The van der Waals surface area contributed by atoms with Crippen LogP contribution in [0.3, 0.4) is 0 Å². The summed E-state index contributed by atoms with van der Waals surface area (Å²) in [5.74, 6) is 7.92. The van der Waals surface area contributed by atoms with Gasteiger partial charge in [-0.2, -0.15) is 4.98 Å². The molecule has 19 heavy (non-hydrogen) atoms. The Balaban J connectivity index is 2.23. The molecule has 100 valence electrons. The third kappa shape index (κ3) is 3.66. The maximum atomic E-state index is 5.72. The molecule has 1 aromatic heterocycles. The molecule has 0 unspecified atom stereocenters. The van der Waals surface area contributed by atoms with E-state index < -0.39 is 0 Å². The van der Waals surface area contributed by atoms with E-state index in [2.05, 4.69) is 22.3 Å². The number of rotatable bonds is 5. The Kier molecular flexibility index (Phi) is 4.30. The second-order valence-corrected chi connectivity index (χ2v) is 4.32. The van der Waals surface area contributed by atoms with Crippen LogP contribution in [0.25, 0.3) is 0 Å². The summed E-state index contributed by atoms with van der Waals surface area (Å²) < 4.78 is 5.72. The summed E-state index contributed by atoms with van der Waals surface area (Å²) in [6, 6.07) is 9.48. The molecule has 1 aromatic carbocycles. The van der Waals surface area contributed by atoms with Gasteiger partial charge in [-0.25, -0.2) is 10.8 Å². The van der Waals surface area contributed by atoms with E-state index in [1.807, 2.05) is 31.2 Å². The molecule has 0 aliphatic carbocycles. The van der Waals surface area contributed by atoms with Crippen LogP contribution >= 0.6 is 0 Å². The molecule has 0 spiro atoms. The largest absolute Gasteiger partial charge is 0.439 e. The predicted molar refractivity (Wildman–Crippen MR) is 75.1 cm³/mol. The van der Waals surface area contributed by atoms with Gasteiger partial charge in [0, 0.05) is 12.5 Å². The number of hydrogen-bond acceptors (Lipinski definition) is 5. The standard InChI is InChI=1S/C14H18N4O/c1-3-4-12-16-13(18-15)9-14(17-12)19-11-7-5-10(2)6-8-11/h5-9H,3-4,15H2,1-2H3,(H,16,17,18). The summed E-state index contributed by atoms with van der Waals surface area (Å²) in [6.07, 6.45) is 1.76. The fourth-order valence-electron chi connectivity index (χ4n) is 1.66. The number of nitrogens with zero attached hydrogens (tertiary/aromatic N) is 2. The van der Waals surface area contributed by atoms with Crippen molar-refractivity contribution < 1.29 is 4.74 Å². The quantitative estimate of drug-likeness (QED) is 0.637. The number of hydrogen-bond donors (Lipinski definition) is 2. The molecule has 0 saturated carbocycles. The minimum atomic E-state index is 0.496. The van der Waals surface area contributed by atoms with Gasteiger partial charge in [0.2, 0.25) is 5.88 Å². The van der Waals surface area contributed by atoms with Crippen LogP contribution in [0.15, 0.2) is 30.3 Å². The first kappa shape index (κ1) is 13.3. The molecule has 0 amide bonds. The van der Waals surface area contributed by atoms with Crippen molar-refractivity contribution >= 4 is 5.82 Å². The monoisotopic (exact) mass is 258 g/mol. The van der Waals surface area contributed by atoms with Crippen LogP contribution in [0, 0.1) is 6.92 Å². The molecule has 2 aromatic rings. The number of aromatic nitrogens is 2. The Bertz CT molecular complexity index is 540. The topological polar surface area (TPSA) is 73.1 Å². The molecule has 2 rings (SSSR count). The molecule has 0 atom stereocenters. The number of nitrogens with two attached hydrogens (primary N) is 1. The maximum absolute atomic E-state index is 5.72. The van der Waals surface area contributed by atoms with E-state index in [-0.39, 0.29) is 0 Å². The predicted octanol–water partition coefficient (Wildman–Crippen LogP) is 2.82. The summed E-state index contributed by atoms with van der Waals surface area (Å²) in [4.78, 5) is 8.63. The maximum Gasteiger partial charge on any atom is 0.224 e. The zero-order valence-electron chi connectivity index (χ0n) is 11.2. The fraction of sp³-hybridized carbons (Fsp3) is 0.286. The van der Waals surface area contributed by atoms with E-state index in [9.17, 15) is 0 Å². The van der Waals surface area contributed by atoms with E-state index >= 15 is 0 Å². The normalized spacial score (nSPS) is 10.3. The third-order valence-corrected chi connectivity index (χ3v) is 2.61. The molecule has 0 aliphatic heterocycles. The highest BCUT2D eigenvalue weighted by Gasteiger charge is 2.05. The zero-order chi connectivity index (χ0) is 13.7. The lowest BCUT2D eigenvalue weighted by Crippen LogP contribution is -2.10. The molecule has 1 heterocycles. The van der Waals surface area contributed by atoms with Crippen molar-refractivity contribution in [1.82, 2.24) is 9.97 Å².